The number of benzene rings is 1. The van der Waals surface area contributed by atoms with Crippen LogP contribution in [0.2, 0.25) is 0 Å². The SMILES string of the molecule is Cn1c(CC(=O)CC2CCNCC2)nc2ccccc21. The number of imidazole rings is 1. The summed E-state index contributed by atoms with van der Waals surface area (Å²) >= 11 is 0. The Balaban J connectivity index is 1.69. The first-order valence-corrected chi connectivity index (χ1v) is 7.37. The van der Waals surface area contributed by atoms with E-state index in [-0.39, 0.29) is 0 Å². The average Bonchev–Trinajstić information content (AvgIpc) is 2.77. The number of para-hydroxylation sites is 2. The fourth-order valence-corrected chi connectivity index (χ4v) is 3.01. The summed E-state index contributed by atoms with van der Waals surface area (Å²) in [6, 6.07) is 8.03. The van der Waals surface area contributed by atoms with Crippen molar-refractivity contribution in [3.05, 3.63) is 30.1 Å². The van der Waals surface area contributed by atoms with Gasteiger partial charge in [-0.2, -0.15) is 0 Å². The predicted octanol–water partition coefficient (Wildman–Crippen LogP) is 2.07. The van der Waals surface area contributed by atoms with E-state index in [1.165, 1.54) is 0 Å². The molecule has 1 aromatic carbocycles. The van der Waals surface area contributed by atoms with Crippen LogP contribution in [0.1, 0.15) is 25.1 Å². The summed E-state index contributed by atoms with van der Waals surface area (Å²) in [6.07, 6.45) is 3.39. The maximum atomic E-state index is 12.2. The van der Waals surface area contributed by atoms with Crippen molar-refractivity contribution >= 4 is 16.8 Å². The first-order chi connectivity index (χ1) is 9.74. The van der Waals surface area contributed by atoms with E-state index in [4.69, 9.17) is 0 Å². The van der Waals surface area contributed by atoms with Gasteiger partial charge in [-0.05, 0) is 44.0 Å². The molecule has 106 valence electrons. The Morgan fingerprint density at radius 3 is 2.85 bits per heavy atom. The molecule has 1 aliphatic heterocycles. The van der Waals surface area contributed by atoms with E-state index in [0.717, 1.165) is 42.8 Å². The van der Waals surface area contributed by atoms with E-state index in [0.29, 0.717) is 24.5 Å². The van der Waals surface area contributed by atoms with Gasteiger partial charge >= 0.3 is 0 Å². The highest BCUT2D eigenvalue weighted by atomic mass is 16.1. The number of ketones is 1. The molecule has 0 unspecified atom stereocenters. The molecule has 0 radical (unpaired) electrons. The molecule has 3 rings (SSSR count). The normalized spacial score (nSPS) is 16.6. The molecule has 0 atom stereocenters. The highest BCUT2D eigenvalue weighted by Gasteiger charge is 2.18. The number of carbonyl (C=O) groups is 1. The third-order valence-corrected chi connectivity index (χ3v) is 4.21. The topological polar surface area (TPSA) is 46.9 Å². The van der Waals surface area contributed by atoms with Gasteiger partial charge in [0.15, 0.2) is 0 Å². The molecule has 20 heavy (non-hydrogen) atoms. The molecule has 4 heteroatoms. The van der Waals surface area contributed by atoms with E-state index in [2.05, 4.69) is 10.3 Å². The van der Waals surface area contributed by atoms with Crippen molar-refractivity contribution in [2.24, 2.45) is 13.0 Å². The van der Waals surface area contributed by atoms with Crippen LogP contribution in [0.4, 0.5) is 0 Å². The molecule has 0 aliphatic carbocycles. The molecule has 1 aliphatic rings. The Bertz CT molecular complexity index is 611. The Hall–Kier alpha value is -1.68. The molecule has 4 nitrogen and oxygen atoms in total. The van der Waals surface area contributed by atoms with Crippen LogP contribution in [0.3, 0.4) is 0 Å². The minimum atomic E-state index is 0.315. The minimum Gasteiger partial charge on any atom is -0.331 e. The standard InChI is InChI=1S/C16H21N3O/c1-19-15-5-3-2-4-14(15)18-16(19)11-13(20)10-12-6-8-17-9-7-12/h2-5,12,17H,6-11H2,1H3. The summed E-state index contributed by atoms with van der Waals surface area (Å²) in [5.41, 5.74) is 2.07. The predicted molar refractivity (Wildman–Crippen MR) is 79.6 cm³/mol. The van der Waals surface area contributed by atoms with Crippen LogP contribution in [0.5, 0.6) is 0 Å². The van der Waals surface area contributed by atoms with Gasteiger partial charge < -0.3 is 9.88 Å². The first-order valence-electron chi connectivity index (χ1n) is 7.37. The number of hydrogen-bond acceptors (Lipinski definition) is 3. The van der Waals surface area contributed by atoms with Gasteiger partial charge in [0.25, 0.3) is 0 Å². The minimum absolute atomic E-state index is 0.315. The van der Waals surface area contributed by atoms with Gasteiger partial charge in [0.05, 0.1) is 17.5 Å². The van der Waals surface area contributed by atoms with E-state index in [1.807, 2.05) is 35.9 Å². The summed E-state index contributed by atoms with van der Waals surface area (Å²) in [7, 11) is 1.99. The number of aromatic nitrogens is 2. The second-order valence-corrected chi connectivity index (χ2v) is 5.69. The molecule has 0 spiro atoms. The number of nitrogens with one attached hydrogen (secondary N) is 1. The summed E-state index contributed by atoms with van der Waals surface area (Å²) < 4.78 is 2.04. The zero-order valence-corrected chi connectivity index (χ0v) is 11.9. The summed E-state index contributed by atoms with van der Waals surface area (Å²) in [4.78, 5) is 16.8. The molecule has 0 bridgehead atoms. The highest BCUT2D eigenvalue weighted by molar-refractivity contribution is 5.82. The third kappa shape index (κ3) is 2.75. The number of nitrogens with zero attached hydrogens (tertiary/aromatic N) is 2. The van der Waals surface area contributed by atoms with Gasteiger partial charge in [-0.15, -0.1) is 0 Å². The Morgan fingerprint density at radius 2 is 2.10 bits per heavy atom. The van der Waals surface area contributed by atoms with E-state index < -0.39 is 0 Å². The van der Waals surface area contributed by atoms with Crippen molar-refractivity contribution in [1.82, 2.24) is 14.9 Å². The maximum Gasteiger partial charge on any atom is 0.140 e. The van der Waals surface area contributed by atoms with Crippen LogP contribution in [-0.4, -0.2) is 28.4 Å². The van der Waals surface area contributed by atoms with E-state index in [1.54, 1.807) is 0 Å². The van der Waals surface area contributed by atoms with Gasteiger partial charge in [-0.1, -0.05) is 12.1 Å². The smallest absolute Gasteiger partial charge is 0.140 e. The van der Waals surface area contributed by atoms with Crippen LogP contribution in [-0.2, 0) is 18.3 Å². The number of Topliss-reactive ketones (excluding diaryl/α,β-unsaturated/α-hetero) is 1. The van der Waals surface area contributed by atoms with Crippen LogP contribution in [0.15, 0.2) is 24.3 Å². The third-order valence-electron chi connectivity index (χ3n) is 4.21. The van der Waals surface area contributed by atoms with E-state index in [9.17, 15) is 4.79 Å². The molecule has 2 aromatic rings. The molecular weight excluding hydrogens is 250 g/mol. The highest BCUT2D eigenvalue weighted by Crippen LogP contribution is 2.19. The summed E-state index contributed by atoms with van der Waals surface area (Å²) in [6.45, 7) is 2.09. The van der Waals surface area contributed by atoms with E-state index >= 15 is 0 Å². The Morgan fingerprint density at radius 1 is 1.35 bits per heavy atom. The molecule has 1 aromatic heterocycles. The molecule has 1 fully saturated rings. The monoisotopic (exact) mass is 271 g/mol. The second kappa shape index (κ2) is 5.75. The summed E-state index contributed by atoms with van der Waals surface area (Å²) in [5, 5.41) is 3.34. The van der Waals surface area contributed by atoms with Crippen LogP contribution >= 0.6 is 0 Å². The Kier molecular flexibility index (Phi) is 3.83. The number of fused-ring (bicyclic) bond motifs is 1. The van der Waals surface area contributed by atoms with Crippen molar-refractivity contribution in [3.8, 4) is 0 Å². The fraction of sp³-hybridized carbons (Fsp3) is 0.500. The molecule has 0 saturated carbocycles. The summed E-state index contributed by atoms with van der Waals surface area (Å²) in [5.74, 6) is 1.75. The van der Waals surface area contributed by atoms with Crippen LogP contribution in [0.25, 0.3) is 11.0 Å². The van der Waals surface area contributed by atoms with Crippen molar-refractivity contribution in [2.45, 2.75) is 25.7 Å². The molecule has 2 heterocycles. The number of rotatable bonds is 4. The number of carbonyl (C=O) groups excluding carboxylic acids is 1. The number of aryl methyl sites for hydroxylation is 1. The molecule has 1 saturated heterocycles. The first kappa shape index (κ1) is 13.3. The second-order valence-electron chi connectivity index (χ2n) is 5.69. The number of hydrogen-bond donors (Lipinski definition) is 1. The van der Waals surface area contributed by atoms with Gasteiger partial charge in [0, 0.05) is 13.5 Å². The van der Waals surface area contributed by atoms with Gasteiger partial charge in [0.1, 0.15) is 11.6 Å². The zero-order chi connectivity index (χ0) is 13.9. The van der Waals surface area contributed by atoms with Crippen molar-refractivity contribution in [1.29, 1.82) is 0 Å². The van der Waals surface area contributed by atoms with Crippen LogP contribution in [0, 0.1) is 5.92 Å². The van der Waals surface area contributed by atoms with Crippen molar-refractivity contribution < 1.29 is 4.79 Å². The lowest BCUT2D eigenvalue weighted by molar-refractivity contribution is -0.119. The lowest BCUT2D eigenvalue weighted by Crippen LogP contribution is -2.29. The zero-order valence-electron chi connectivity index (χ0n) is 11.9. The molecular formula is C16H21N3O. The van der Waals surface area contributed by atoms with Gasteiger partial charge in [0.2, 0.25) is 0 Å². The molecule has 1 N–H and O–H groups in total. The van der Waals surface area contributed by atoms with Gasteiger partial charge in [-0.25, -0.2) is 4.98 Å². The largest absolute Gasteiger partial charge is 0.331 e. The number of piperidine rings is 1. The fourth-order valence-electron chi connectivity index (χ4n) is 3.01. The lowest BCUT2D eigenvalue weighted by Gasteiger charge is -2.21. The molecule has 0 amide bonds. The quantitative estimate of drug-likeness (QED) is 0.926. The van der Waals surface area contributed by atoms with Gasteiger partial charge in [-0.3, -0.25) is 4.79 Å². The van der Waals surface area contributed by atoms with Crippen molar-refractivity contribution in [3.63, 3.8) is 0 Å². The Labute approximate surface area is 119 Å². The van der Waals surface area contributed by atoms with Crippen LogP contribution < -0.4 is 5.32 Å². The average molecular weight is 271 g/mol. The van der Waals surface area contributed by atoms with Crippen molar-refractivity contribution in [2.75, 3.05) is 13.1 Å². The maximum absolute atomic E-state index is 12.2. The lowest BCUT2D eigenvalue weighted by atomic mass is 9.92.